The Hall–Kier alpha value is -2.20. The van der Waals surface area contributed by atoms with Crippen LogP contribution in [0.2, 0.25) is 0 Å². The Morgan fingerprint density at radius 3 is 2.40 bits per heavy atom. The first-order valence-corrected chi connectivity index (χ1v) is 11.3. The molecule has 0 unspecified atom stereocenters. The Balaban J connectivity index is 1.38. The summed E-state index contributed by atoms with van der Waals surface area (Å²) in [5, 5.41) is 14.4. The quantitative estimate of drug-likeness (QED) is 0.764. The standard InChI is InChI=1S/C26H32N2O2/c1-17-3-4-22(9-18(17)2)24(21-5-7-27-8-6-21)28-23(29)15-25-11-19-10-20(12-25)14-26(30,13-19)16-25/h3-9,19-20,24,30H,10-16H2,1-2H3,(H,28,29)/t19-,20-,24-,25?,26?/m1/s1. The second-order valence-electron chi connectivity index (χ2n) is 10.5. The lowest BCUT2D eigenvalue weighted by atomic mass is 9.47. The number of amides is 1. The highest BCUT2D eigenvalue weighted by Gasteiger charge is 2.57. The molecule has 2 N–H and O–H groups in total. The normalized spacial score (nSPS) is 32.8. The fourth-order valence-corrected chi connectivity index (χ4v) is 7.02. The molecular formula is C26H32N2O2. The summed E-state index contributed by atoms with van der Waals surface area (Å²) in [7, 11) is 0. The lowest BCUT2D eigenvalue weighted by Gasteiger charge is -2.60. The van der Waals surface area contributed by atoms with Gasteiger partial charge >= 0.3 is 0 Å². The van der Waals surface area contributed by atoms with Gasteiger partial charge in [0.05, 0.1) is 11.6 Å². The molecule has 1 heterocycles. The number of carbonyl (C=O) groups is 1. The smallest absolute Gasteiger partial charge is 0.221 e. The fourth-order valence-electron chi connectivity index (χ4n) is 7.02. The van der Waals surface area contributed by atoms with Crippen molar-refractivity contribution in [1.82, 2.24) is 10.3 Å². The molecule has 4 nitrogen and oxygen atoms in total. The van der Waals surface area contributed by atoms with E-state index in [1.807, 2.05) is 12.1 Å². The van der Waals surface area contributed by atoms with Gasteiger partial charge in [-0.15, -0.1) is 0 Å². The van der Waals surface area contributed by atoms with E-state index in [0.29, 0.717) is 18.3 Å². The molecule has 4 bridgehead atoms. The predicted octanol–water partition coefficient (Wildman–Crippen LogP) is 4.63. The first-order chi connectivity index (χ1) is 14.3. The zero-order valence-corrected chi connectivity index (χ0v) is 18.0. The van der Waals surface area contributed by atoms with Gasteiger partial charge in [0.25, 0.3) is 0 Å². The molecular weight excluding hydrogens is 372 g/mol. The van der Waals surface area contributed by atoms with Gasteiger partial charge in [-0.1, -0.05) is 18.2 Å². The number of nitrogens with one attached hydrogen (secondary N) is 1. The van der Waals surface area contributed by atoms with Crippen LogP contribution in [-0.4, -0.2) is 21.6 Å². The van der Waals surface area contributed by atoms with E-state index in [9.17, 15) is 9.90 Å². The fraction of sp³-hybridized carbons (Fsp3) is 0.538. The molecule has 0 saturated heterocycles. The van der Waals surface area contributed by atoms with Crippen molar-refractivity contribution in [3.05, 3.63) is 65.0 Å². The average molecular weight is 405 g/mol. The van der Waals surface area contributed by atoms with Crippen LogP contribution < -0.4 is 5.32 Å². The molecule has 1 amide bonds. The summed E-state index contributed by atoms with van der Waals surface area (Å²) < 4.78 is 0. The maximum Gasteiger partial charge on any atom is 0.221 e. The van der Waals surface area contributed by atoms with E-state index in [2.05, 4.69) is 42.3 Å². The number of benzene rings is 1. The van der Waals surface area contributed by atoms with Crippen molar-refractivity contribution in [2.24, 2.45) is 17.3 Å². The molecule has 3 atom stereocenters. The molecule has 2 aromatic rings. The van der Waals surface area contributed by atoms with Crippen molar-refractivity contribution in [2.45, 2.75) is 70.4 Å². The Morgan fingerprint density at radius 1 is 1.07 bits per heavy atom. The minimum Gasteiger partial charge on any atom is -0.390 e. The molecule has 30 heavy (non-hydrogen) atoms. The molecule has 4 heteroatoms. The van der Waals surface area contributed by atoms with Crippen LogP contribution in [0, 0.1) is 31.1 Å². The lowest BCUT2D eigenvalue weighted by Crippen LogP contribution is -2.56. The van der Waals surface area contributed by atoms with Crippen molar-refractivity contribution in [2.75, 3.05) is 0 Å². The van der Waals surface area contributed by atoms with E-state index in [0.717, 1.165) is 43.2 Å². The van der Waals surface area contributed by atoms with E-state index in [4.69, 9.17) is 0 Å². The molecule has 4 aliphatic rings. The third-order valence-electron chi connectivity index (χ3n) is 7.90. The van der Waals surface area contributed by atoms with Gasteiger partial charge in [-0.25, -0.2) is 0 Å². The summed E-state index contributed by atoms with van der Waals surface area (Å²) in [6, 6.07) is 10.2. The topological polar surface area (TPSA) is 62.2 Å². The van der Waals surface area contributed by atoms with E-state index in [1.165, 1.54) is 17.5 Å². The van der Waals surface area contributed by atoms with E-state index < -0.39 is 5.60 Å². The Bertz CT molecular complexity index is 941. The second-order valence-corrected chi connectivity index (χ2v) is 10.5. The van der Waals surface area contributed by atoms with E-state index >= 15 is 0 Å². The van der Waals surface area contributed by atoms with Gasteiger partial charge in [-0.3, -0.25) is 9.78 Å². The van der Waals surface area contributed by atoms with Gasteiger partial charge in [0, 0.05) is 18.8 Å². The lowest BCUT2D eigenvalue weighted by molar-refractivity contribution is -0.169. The van der Waals surface area contributed by atoms with Crippen LogP contribution in [0.15, 0.2) is 42.7 Å². The third-order valence-corrected chi connectivity index (χ3v) is 7.90. The first kappa shape index (κ1) is 19.7. The van der Waals surface area contributed by atoms with Crippen LogP contribution >= 0.6 is 0 Å². The van der Waals surface area contributed by atoms with Crippen LogP contribution in [0.1, 0.15) is 73.2 Å². The van der Waals surface area contributed by atoms with Crippen molar-refractivity contribution in [3.63, 3.8) is 0 Å². The van der Waals surface area contributed by atoms with Crippen molar-refractivity contribution < 1.29 is 9.90 Å². The minimum atomic E-state index is -0.525. The first-order valence-electron chi connectivity index (χ1n) is 11.3. The monoisotopic (exact) mass is 404 g/mol. The Kier molecular flexibility index (Phi) is 4.73. The third kappa shape index (κ3) is 3.66. The molecule has 1 aromatic carbocycles. The van der Waals surface area contributed by atoms with Gasteiger partial charge in [0.15, 0.2) is 0 Å². The maximum atomic E-state index is 13.3. The van der Waals surface area contributed by atoms with Crippen LogP contribution in [-0.2, 0) is 4.79 Å². The van der Waals surface area contributed by atoms with Gasteiger partial charge in [-0.05, 0) is 104 Å². The molecule has 0 aliphatic heterocycles. The van der Waals surface area contributed by atoms with E-state index in [-0.39, 0.29) is 17.4 Å². The SMILES string of the molecule is Cc1ccc([C@H](NC(=O)CC23C[C@H]4C[C@@H](CC(O)(C4)C2)C3)c2ccncc2)cc1C. The zero-order chi connectivity index (χ0) is 20.9. The summed E-state index contributed by atoms with van der Waals surface area (Å²) in [4.78, 5) is 17.5. The van der Waals surface area contributed by atoms with Gasteiger partial charge in [0.1, 0.15) is 0 Å². The number of aryl methyl sites for hydroxylation is 2. The molecule has 0 radical (unpaired) electrons. The average Bonchev–Trinajstić information content (AvgIpc) is 2.67. The number of carbonyl (C=O) groups excluding carboxylic acids is 1. The summed E-state index contributed by atoms with van der Waals surface area (Å²) in [5.41, 5.74) is 4.08. The molecule has 158 valence electrons. The van der Waals surface area contributed by atoms with Gasteiger partial charge < -0.3 is 10.4 Å². The Morgan fingerprint density at radius 2 is 1.77 bits per heavy atom. The van der Waals surface area contributed by atoms with Crippen LogP contribution in [0.25, 0.3) is 0 Å². The predicted molar refractivity (Wildman–Crippen MR) is 117 cm³/mol. The molecule has 4 aliphatic carbocycles. The second kappa shape index (κ2) is 7.19. The number of hydrogen-bond donors (Lipinski definition) is 2. The van der Waals surface area contributed by atoms with Crippen molar-refractivity contribution in [1.29, 1.82) is 0 Å². The number of rotatable bonds is 5. The van der Waals surface area contributed by atoms with Gasteiger partial charge in [-0.2, -0.15) is 0 Å². The molecule has 4 fully saturated rings. The summed E-state index contributed by atoms with van der Waals surface area (Å²) in [6.45, 7) is 4.22. The highest BCUT2D eigenvalue weighted by Crippen LogP contribution is 2.62. The maximum absolute atomic E-state index is 13.3. The summed E-state index contributed by atoms with van der Waals surface area (Å²) in [5.74, 6) is 1.29. The van der Waals surface area contributed by atoms with E-state index in [1.54, 1.807) is 12.4 Å². The highest BCUT2D eigenvalue weighted by molar-refractivity contribution is 5.78. The number of aliphatic hydroxyl groups is 1. The van der Waals surface area contributed by atoms with Crippen LogP contribution in [0.3, 0.4) is 0 Å². The highest BCUT2D eigenvalue weighted by atomic mass is 16.3. The minimum absolute atomic E-state index is 0.0189. The largest absolute Gasteiger partial charge is 0.390 e. The van der Waals surface area contributed by atoms with Gasteiger partial charge in [0.2, 0.25) is 5.91 Å². The summed E-state index contributed by atoms with van der Waals surface area (Å²) in [6.07, 6.45) is 10.2. The number of pyridine rings is 1. The van der Waals surface area contributed by atoms with Crippen molar-refractivity contribution >= 4 is 5.91 Å². The number of hydrogen-bond acceptors (Lipinski definition) is 3. The molecule has 4 saturated carbocycles. The molecule has 6 rings (SSSR count). The molecule has 1 aromatic heterocycles. The van der Waals surface area contributed by atoms with Crippen LogP contribution in [0.4, 0.5) is 0 Å². The number of nitrogens with zero attached hydrogens (tertiary/aromatic N) is 1. The zero-order valence-electron chi connectivity index (χ0n) is 18.0. The van der Waals surface area contributed by atoms with Crippen LogP contribution in [0.5, 0.6) is 0 Å². The Labute approximate surface area is 179 Å². The van der Waals surface area contributed by atoms with Crippen molar-refractivity contribution in [3.8, 4) is 0 Å². The molecule has 0 spiro atoms. The summed E-state index contributed by atoms with van der Waals surface area (Å²) >= 11 is 0. The number of aromatic nitrogens is 1.